The van der Waals surface area contributed by atoms with Crippen molar-refractivity contribution in [3.8, 4) is 0 Å². The predicted molar refractivity (Wildman–Crippen MR) is 95.2 cm³/mol. The number of aliphatic hydroxyl groups is 1. The molecule has 0 saturated carbocycles. The van der Waals surface area contributed by atoms with E-state index in [1.165, 1.54) is 13.0 Å². The van der Waals surface area contributed by atoms with Crippen LogP contribution in [0.15, 0.2) is 65.6 Å². The second-order valence-electron chi connectivity index (χ2n) is 5.85. The minimum Gasteiger partial charge on any atom is -0.387 e. The van der Waals surface area contributed by atoms with E-state index in [1.807, 2.05) is 36.4 Å². The molecule has 0 aliphatic carbocycles. The Morgan fingerprint density at radius 2 is 1.80 bits per heavy atom. The minimum atomic E-state index is -3.84. The van der Waals surface area contributed by atoms with Crippen LogP contribution in [0.25, 0.3) is 10.8 Å². The van der Waals surface area contributed by atoms with Crippen LogP contribution in [0.1, 0.15) is 17.2 Å². The number of aryl methyl sites for hydroxylation is 1. The first-order valence-electron chi connectivity index (χ1n) is 7.80. The van der Waals surface area contributed by atoms with Crippen molar-refractivity contribution >= 4 is 20.8 Å². The average Bonchev–Trinajstić information content (AvgIpc) is 2.59. The number of halogens is 1. The highest BCUT2D eigenvalue weighted by Gasteiger charge is 2.19. The highest BCUT2D eigenvalue weighted by molar-refractivity contribution is 7.89. The molecule has 0 heterocycles. The van der Waals surface area contributed by atoms with E-state index in [-0.39, 0.29) is 11.4 Å². The van der Waals surface area contributed by atoms with Crippen molar-refractivity contribution in [1.82, 2.24) is 4.72 Å². The molecule has 6 heteroatoms. The van der Waals surface area contributed by atoms with Gasteiger partial charge in [0.1, 0.15) is 5.82 Å². The molecule has 1 unspecified atom stereocenters. The average molecular weight is 359 g/mol. The van der Waals surface area contributed by atoms with Gasteiger partial charge >= 0.3 is 0 Å². The van der Waals surface area contributed by atoms with Gasteiger partial charge in [0.15, 0.2) is 0 Å². The minimum absolute atomic E-state index is 0.000908. The van der Waals surface area contributed by atoms with Crippen molar-refractivity contribution in [3.63, 3.8) is 0 Å². The third-order valence-electron chi connectivity index (χ3n) is 4.08. The molecule has 0 amide bonds. The van der Waals surface area contributed by atoms with E-state index in [2.05, 4.69) is 4.72 Å². The van der Waals surface area contributed by atoms with Gasteiger partial charge in [-0.05, 0) is 47.0 Å². The van der Waals surface area contributed by atoms with Crippen LogP contribution in [0, 0.1) is 12.7 Å². The number of rotatable bonds is 5. The third kappa shape index (κ3) is 3.71. The Labute approximate surface area is 146 Å². The lowest BCUT2D eigenvalue weighted by Crippen LogP contribution is -2.29. The second kappa shape index (κ2) is 6.92. The van der Waals surface area contributed by atoms with E-state index in [1.54, 1.807) is 6.07 Å². The number of aliphatic hydroxyl groups excluding tert-OH is 1. The maximum atomic E-state index is 13.2. The lowest BCUT2D eigenvalue weighted by Gasteiger charge is -2.15. The Balaban J connectivity index is 1.82. The summed E-state index contributed by atoms with van der Waals surface area (Å²) in [5, 5.41) is 12.3. The fourth-order valence-corrected chi connectivity index (χ4v) is 4.09. The molecule has 1 atom stereocenters. The molecule has 0 bridgehead atoms. The van der Waals surface area contributed by atoms with Gasteiger partial charge in [-0.1, -0.05) is 42.5 Å². The molecule has 0 aromatic heterocycles. The Morgan fingerprint density at radius 3 is 2.56 bits per heavy atom. The largest absolute Gasteiger partial charge is 0.387 e. The lowest BCUT2D eigenvalue weighted by atomic mass is 10.0. The van der Waals surface area contributed by atoms with Gasteiger partial charge in [-0.15, -0.1) is 0 Å². The fraction of sp³-hybridized carbons (Fsp3) is 0.158. The number of benzene rings is 3. The SMILES string of the molecule is Cc1cc(F)ccc1S(=O)(=O)NCC(O)c1cccc2ccccc12. The second-order valence-corrected chi connectivity index (χ2v) is 7.58. The standard InChI is InChI=1S/C19H18FNO3S/c1-13-11-15(20)9-10-19(13)25(23,24)21-12-18(22)17-8-4-6-14-5-2-3-7-16(14)17/h2-11,18,21-22H,12H2,1H3. The summed E-state index contributed by atoms with van der Waals surface area (Å²) in [6, 6.07) is 16.6. The van der Waals surface area contributed by atoms with Crippen LogP contribution in [0.5, 0.6) is 0 Å². The first kappa shape index (κ1) is 17.5. The summed E-state index contributed by atoms with van der Waals surface area (Å²) in [5.74, 6) is -0.493. The van der Waals surface area contributed by atoms with Crippen LogP contribution in [-0.4, -0.2) is 20.1 Å². The van der Waals surface area contributed by atoms with E-state index < -0.39 is 21.9 Å². The summed E-state index contributed by atoms with van der Waals surface area (Å²) in [5.41, 5.74) is 0.962. The monoisotopic (exact) mass is 359 g/mol. The van der Waals surface area contributed by atoms with Crippen LogP contribution >= 0.6 is 0 Å². The van der Waals surface area contributed by atoms with E-state index in [0.717, 1.165) is 22.9 Å². The van der Waals surface area contributed by atoms with Crippen molar-refractivity contribution in [1.29, 1.82) is 0 Å². The molecule has 0 aliphatic rings. The fourth-order valence-electron chi connectivity index (χ4n) is 2.83. The first-order chi connectivity index (χ1) is 11.9. The predicted octanol–water partition coefficient (Wildman–Crippen LogP) is 3.30. The van der Waals surface area contributed by atoms with Crippen molar-refractivity contribution in [3.05, 3.63) is 77.6 Å². The van der Waals surface area contributed by atoms with Crippen LogP contribution in [0.4, 0.5) is 4.39 Å². The van der Waals surface area contributed by atoms with E-state index >= 15 is 0 Å². The molecule has 0 radical (unpaired) electrons. The molecule has 3 aromatic rings. The molecular weight excluding hydrogens is 341 g/mol. The molecule has 25 heavy (non-hydrogen) atoms. The molecule has 130 valence electrons. The van der Waals surface area contributed by atoms with Crippen molar-refractivity contribution in [2.24, 2.45) is 0 Å². The number of fused-ring (bicyclic) bond motifs is 1. The van der Waals surface area contributed by atoms with Gasteiger partial charge in [-0.3, -0.25) is 0 Å². The van der Waals surface area contributed by atoms with Crippen LogP contribution in [-0.2, 0) is 10.0 Å². The van der Waals surface area contributed by atoms with Crippen molar-refractivity contribution in [2.45, 2.75) is 17.9 Å². The Hall–Kier alpha value is -2.28. The summed E-state index contributed by atoms with van der Waals surface area (Å²) >= 11 is 0. The van der Waals surface area contributed by atoms with Crippen LogP contribution in [0.3, 0.4) is 0 Å². The van der Waals surface area contributed by atoms with Gasteiger partial charge < -0.3 is 5.11 Å². The number of sulfonamides is 1. The zero-order valence-electron chi connectivity index (χ0n) is 13.6. The summed E-state index contributed by atoms with van der Waals surface area (Å²) < 4.78 is 40.4. The summed E-state index contributed by atoms with van der Waals surface area (Å²) in [6.45, 7) is 1.35. The maximum absolute atomic E-state index is 13.2. The topological polar surface area (TPSA) is 66.4 Å². The summed E-state index contributed by atoms with van der Waals surface area (Å²) in [7, 11) is -3.84. The van der Waals surface area contributed by atoms with Crippen molar-refractivity contribution in [2.75, 3.05) is 6.54 Å². The molecule has 4 nitrogen and oxygen atoms in total. The number of hydrogen-bond donors (Lipinski definition) is 2. The molecule has 0 spiro atoms. The normalized spacial score (nSPS) is 13.1. The van der Waals surface area contributed by atoms with Crippen LogP contribution < -0.4 is 4.72 Å². The quantitative estimate of drug-likeness (QED) is 0.735. The summed E-state index contributed by atoms with van der Waals surface area (Å²) in [6.07, 6.45) is -0.998. The molecule has 0 fully saturated rings. The smallest absolute Gasteiger partial charge is 0.240 e. The number of hydrogen-bond acceptors (Lipinski definition) is 3. The van der Waals surface area contributed by atoms with Crippen molar-refractivity contribution < 1.29 is 17.9 Å². The molecule has 0 saturated heterocycles. The summed E-state index contributed by atoms with van der Waals surface area (Å²) in [4.78, 5) is -0.000908. The van der Waals surface area contributed by atoms with Crippen LogP contribution in [0.2, 0.25) is 0 Å². The van der Waals surface area contributed by atoms with Gasteiger partial charge in [0.05, 0.1) is 11.0 Å². The molecule has 2 N–H and O–H groups in total. The molecular formula is C19H18FNO3S. The Bertz CT molecular complexity index is 1010. The highest BCUT2D eigenvalue weighted by Crippen LogP contribution is 2.24. The zero-order valence-corrected chi connectivity index (χ0v) is 14.4. The van der Waals surface area contributed by atoms with Gasteiger partial charge in [0.2, 0.25) is 10.0 Å². The van der Waals surface area contributed by atoms with E-state index in [4.69, 9.17) is 0 Å². The Morgan fingerprint density at radius 1 is 1.08 bits per heavy atom. The molecule has 3 aromatic carbocycles. The Kier molecular flexibility index (Phi) is 4.85. The lowest BCUT2D eigenvalue weighted by molar-refractivity contribution is 0.183. The molecule has 0 aliphatic heterocycles. The number of nitrogens with one attached hydrogen (secondary N) is 1. The zero-order chi connectivity index (χ0) is 18.0. The van der Waals surface area contributed by atoms with Gasteiger partial charge in [-0.2, -0.15) is 0 Å². The van der Waals surface area contributed by atoms with Gasteiger partial charge in [0.25, 0.3) is 0 Å². The van der Waals surface area contributed by atoms with E-state index in [9.17, 15) is 17.9 Å². The van der Waals surface area contributed by atoms with Gasteiger partial charge in [0, 0.05) is 6.54 Å². The molecule has 3 rings (SSSR count). The first-order valence-corrected chi connectivity index (χ1v) is 9.28. The third-order valence-corrected chi connectivity index (χ3v) is 5.66. The highest BCUT2D eigenvalue weighted by atomic mass is 32.2. The van der Waals surface area contributed by atoms with E-state index in [0.29, 0.717) is 11.1 Å². The van der Waals surface area contributed by atoms with Gasteiger partial charge in [-0.25, -0.2) is 17.5 Å². The maximum Gasteiger partial charge on any atom is 0.240 e.